The third-order valence-electron chi connectivity index (χ3n) is 5.46. The van der Waals surface area contributed by atoms with Crippen LogP contribution in [0.15, 0.2) is 97.1 Å². The molecule has 0 N–H and O–H groups in total. The zero-order valence-corrected chi connectivity index (χ0v) is 18.6. The first-order chi connectivity index (χ1) is 16.0. The maximum absolute atomic E-state index is 14.2. The van der Waals surface area contributed by atoms with Gasteiger partial charge in [-0.2, -0.15) is 0 Å². The molecule has 0 atom stereocenters. The molecule has 0 spiro atoms. The molecule has 168 valence electrons. The van der Waals surface area contributed by atoms with E-state index in [0.717, 1.165) is 28.0 Å². The minimum atomic E-state index is -2.52. The van der Waals surface area contributed by atoms with Crippen molar-refractivity contribution in [2.75, 3.05) is 13.3 Å². The predicted molar refractivity (Wildman–Crippen MR) is 127 cm³/mol. The highest BCUT2D eigenvalue weighted by Crippen LogP contribution is 2.58. The largest absolute Gasteiger partial charge is 0.491 e. The standard InChI is InChI=1S/C27H22F4OP/c28-14-15-32-21-8-7-13-24(18-21)33(22-9-3-1-4-10-22,23-11-5-2-6-12-23)19-20-16-25(29)27(31)26(30)17-20/h1-13,16-18H,14-15,19H2/q+1. The van der Waals surface area contributed by atoms with Gasteiger partial charge in [-0.05, 0) is 54.1 Å². The predicted octanol–water partition coefficient (Wildman–Crippen LogP) is 5.95. The molecule has 4 aromatic carbocycles. The Morgan fingerprint density at radius 1 is 0.636 bits per heavy atom. The highest BCUT2D eigenvalue weighted by Gasteiger charge is 2.46. The van der Waals surface area contributed by atoms with Crippen LogP contribution >= 0.6 is 7.26 Å². The van der Waals surface area contributed by atoms with Crippen molar-refractivity contribution < 1.29 is 22.3 Å². The van der Waals surface area contributed by atoms with Crippen molar-refractivity contribution in [3.8, 4) is 5.75 Å². The Hall–Kier alpha value is -3.17. The van der Waals surface area contributed by atoms with Crippen LogP contribution in [0.5, 0.6) is 5.75 Å². The lowest BCUT2D eigenvalue weighted by Crippen LogP contribution is -2.32. The first-order valence-electron chi connectivity index (χ1n) is 10.5. The molecule has 0 amide bonds. The third kappa shape index (κ3) is 4.79. The van der Waals surface area contributed by atoms with Gasteiger partial charge in [0, 0.05) is 6.07 Å². The van der Waals surface area contributed by atoms with Crippen LogP contribution in [0, 0.1) is 17.5 Å². The van der Waals surface area contributed by atoms with Crippen LogP contribution in [-0.2, 0) is 6.16 Å². The summed E-state index contributed by atoms with van der Waals surface area (Å²) in [6.07, 6.45) is 0.266. The van der Waals surface area contributed by atoms with Gasteiger partial charge in [-0.1, -0.05) is 42.5 Å². The van der Waals surface area contributed by atoms with Gasteiger partial charge < -0.3 is 4.74 Å². The Morgan fingerprint density at radius 3 is 1.73 bits per heavy atom. The molecule has 0 radical (unpaired) electrons. The Labute approximate surface area is 191 Å². The zero-order chi connectivity index (χ0) is 23.3. The van der Waals surface area contributed by atoms with Crippen molar-refractivity contribution >= 4 is 23.2 Å². The Balaban J connectivity index is 1.98. The summed E-state index contributed by atoms with van der Waals surface area (Å²) >= 11 is 0. The van der Waals surface area contributed by atoms with Gasteiger partial charge in [0.1, 0.15) is 42.2 Å². The van der Waals surface area contributed by atoms with Gasteiger partial charge in [0.2, 0.25) is 0 Å². The van der Waals surface area contributed by atoms with Crippen LogP contribution in [0.25, 0.3) is 0 Å². The van der Waals surface area contributed by atoms with E-state index in [4.69, 9.17) is 4.74 Å². The lowest BCUT2D eigenvalue weighted by atomic mass is 10.2. The molecule has 1 nitrogen and oxygen atoms in total. The lowest BCUT2D eigenvalue weighted by Gasteiger charge is -2.28. The first kappa shape index (κ1) is 23.0. The van der Waals surface area contributed by atoms with Gasteiger partial charge in [0.15, 0.2) is 17.5 Å². The molecular weight excluding hydrogens is 447 g/mol. The summed E-state index contributed by atoms with van der Waals surface area (Å²) in [4.78, 5) is 0. The molecular formula is C27H22F4OP+. The number of alkyl halides is 1. The van der Waals surface area contributed by atoms with Crippen molar-refractivity contribution in [1.29, 1.82) is 0 Å². The van der Waals surface area contributed by atoms with E-state index >= 15 is 0 Å². The summed E-state index contributed by atoms with van der Waals surface area (Å²) in [5.74, 6) is -3.41. The second-order valence-electron chi connectivity index (χ2n) is 7.55. The molecule has 0 heterocycles. The van der Waals surface area contributed by atoms with Gasteiger partial charge in [0.05, 0.1) is 6.16 Å². The van der Waals surface area contributed by atoms with Gasteiger partial charge in [-0.25, -0.2) is 17.6 Å². The van der Waals surface area contributed by atoms with Gasteiger partial charge >= 0.3 is 0 Å². The van der Waals surface area contributed by atoms with E-state index in [2.05, 4.69) is 0 Å². The fourth-order valence-electron chi connectivity index (χ4n) is 4.03. The van der Waals surface area contributed by atoms with E-state index in [1.165, 1.54) is 0 Å². The van der Waals surface area contributed by atoms with Crippen molar-refractivity contribution in [3.63, 3.8) is 0 Å². The van der Waals surface area contributed by atoms with Gasteiger partial charge in [-0.15, -0.1) is 0 Å². The number of ether oxygens (including phenoxy) is 1. The zero-order valence-electron chi connectivity index (χ0n) is 17.7. The maximum atomic E-state index is 14.2. The van der Waals surface area contributed by atoms with Crippen LogP contribution in [0.3, 0.4) is 0 Å². The van der Waals surface area contributed by atoms with Crippen molar-refractivity contribution in [2.45, 2.75) is 6.16 Å². The molecule has 6 heteroatoms. The highest BCUT2D eigenvalue weighted by molar-refractivity contribution is 7.95. The molecule has 0 aromatic heterocycles. The SMILES string of the molecule is FCCOc1cccc([P+](Cc2cc(F)c(F)c(F)c2)(c2ccccc2)c2ccccc2)c1. The third-order valence-corrected chi connectivity index (χ3v) is 9.82. The monoisotopic (exact) mass is 469 g/mol. The number of rotatable bonds is 8. The summed E-state index contributed by atoms with van der Waals surface area (Å²) in [5, 5.41) is 2.88. The van der Waals surface area contributed by atoms with E-state index in [0.29, 0.717) is 11.3 Å². The molecule has 0 aliphatic heterocycles. The quantitative estimate of drug-likeness (QED) is 0.176. The van der Waals surface area contributed by atoms with Crippen LogP contribution in [-0.4, -0.2) is 13.3 Å². The summed E-state index contributed by atoms with van der Waals surface area (Å²) in [5.41, 5.74) is 0.350. The van der Waals surface area contributed by atoms with Gasteiger partial charge in [0.25, 0.3) is 0 Å². The van der Waals surface area contributed by atoms with Crippen LogP contribution in [0.4, 0.5) is 17.6 Å². The molecule has 0 aliphatic carbocycles. The second-order valence-corrected chi connectivity index (χ2v) is 11.0. The highest BCUT2D eigenvalue weighted by atomic mass is 31.2. The maximum Gasteiger partial charge on any atom is 0.194 e. The van der Waals surface area contributed by atoms with Gasteiger partial charge in [-0.3, -0.25) is 0 Å². The summed E-state index contributed by atoms with van der Waals surface area (Å²) in [6, 6.07) is 29.0. The van der Waals surface area contributed by atoms with E-state index in [9.17, 15) is 17.6 Å². The fourth-order valence-corrected chi connectivity index (χ4v) is 8.25. The topological polar surface area (TPSA) is 9.23 Å². The Bertz CT molecular complexity index is 1150. The number of hydrogen-bond donors (Lipinski definition) is 0. The Morgan fingerprint density at radius 2 is 1.18 bits per heavy atom. The smallest absolute Gasteiger partial charge is 0.194 e. The molecule has 0 unspecified atom stereocenters. The minimum absolute atomic E-state index is 0.0695. The summed E-state index contributed by atoms with van der Waals surface area (Å²) in [6.45, 7) is -0.685. The molecule has 0 saturated heterocycles. The molecule has 0 aliphatic rings. The van der Waals surface area contributed by atoms with Crippen LogP contribution in [0.1, 0.15) is 5.56 Å². The van der Waals surface area contributed by atoms with E-state index in [1.54, 1.807) is 6.07 Å². The number of benzene rings is 4. The van der Waals surface area contributed by atoms with E-state index in [1.807, 2.05) is 78.9 Å². The molecule has 0 saturated carbocycles. The van der Waals surface area contributed by atoms with Crippen molar-refractivity contribution in [2.24, 2.45) is 0 Å². The van der Waals surface area contributed by atoms with Crippen LogP contribution < -0.4 is 20.7 Å². The summed E-state index contributed by atoms with van der Waals surface area (Å²) in [7, 11) is -2.52. The number of halogens is 4. The molecule has 4 aromatic rings. The molecule has 4 rings (SSSR count). The normalized spacial score (nSPS) is 11.4. The molecule has 33 heavy (non-hydrogen) atoms. The molecule has 0 fully saturated rings. The second kappa shape index (κ2) is 10.2. The first-order valence-corrected chi connectivity index (χ1v) is 12.4. The Kier molecular flexibility index (Phi) is 7.10. The molecule has 0 bridgehead atoms. The number of hydrogen-bond acceptors (Lipinski definition) is 1. The summed E-state index contributed by atoms with van der Waals surface area (Å²) < 4.78 is 60.3. The minimum Gasteiger partial charge on any atom is -0.491 e. The average molecular weight is 469 g/mol. The average Bonchev–Trinajstić information content (AvgIpc) is 2.86. The van der Waals surface area contributed by atoms with Crippen molar-refractivity contribution in [1.82, 2.24) is 0 Å². The van der Waals surface area contributed by atoms with Crippen LogP contribution in [0.2, 0.25) is 0 Å². The fraction of sp³-hybridized carbons (Fsp3) is 0.111. The van der Waals surface area contributed by atoms with E-state index < -0.39 is 31.4 Å². The lowest BCUT2D eigenvalue weighted by molar-refractivity contribution is 0.273. The van der Waals surface area contributed by atoms with E-state index in [-0.39, 0.29) is 12.8 Å². The van der Waals surface area contributed by atoms with Crippen molar-refractivity contribution in [3.05, 3.63) is 120 Å².